The van der Waals surface area contributed by atoms with E-state index in [9.17, 15) is 4.79 Å². The molecule has 0 radical (unpaired) electrons. The van der Waals surface area contributed by atoms with Crippen LogP contribution in [0.4, 0.5) is 5.82 Å². The molecule has 1 aliphatic heterocycles. The van der Waals surface area contributed by atoms with Gasteiger partial charge in [0.15, 0.2) is 0 Å². The van der Waals surface area contributed by atoms with Crippen molar-refractivity contribution in [1.29, 1.82) is 0 Å². The van der Waals surface area contributed by atoms with Crippen molar-refractivity contribution in [3.05, 3.63) is 24.4 Å². The van der Waals surface area contributed by atoms with Crippen LogP contribution in [-0.2, 0) is 24.3 Å². The van der Waals surface area contributed by atoms with Crippen LogP contribution in [0.5, 0.6) is 0 Å². The van der Waals surface area contributed by atoms with Crippen molar-refractivity contribution >= 4 is 11.7 Å². The Labute approximate surface area is 128 Å². The van der Waals surface area contributed by atoms with Crippen LogP contribution in [0.15, 0.2) is 18.6 Å². The van der Waals surface area contributed by atoms with Gasteiger partial charge < -0.3 is 10.6 Å². The summed E-state index contributed by atoms with van der Waals surface area (Å²) in [5.41, 5.74) is 0. The molecule has 2 aromatic heterocycles. The lowest BCUT2D eigenvalue weighted by Crippen LogP contribution is -2.41. The van der Waals surface area contributed by atoms with Gasteiger partial charge in [0.25, 0.3) is 0 Å². The summed E-state index contributed by atoms with van der Waals surface area (Å²) >= 11 is 0. The van der Waals surface area contributed by atoms with Gasteiger partial charge in [0.05, 0.1) is 19.3 Å². The van der Waals surface area contributed by atoms with Gasteiger partial charge in [0, 0.05) is 25.1 Å². The smallest absolute Gasteiger partial charge is 0.239 e. The summed E-state index contributed by atoms with van der Waals surface area (Å²) in [5, 5.41) is 14.6. The first kappa shape index (κ1) is 14.7. The van der Waals surface area contributed by atoms with Gasteiger partial charge in [-0.25, -0.2) is 14.3 Å². The average molecular weight is 303 g/mol. The molecule has 2 N–H and O–H groups in total. The zero-order valence-corrected chi connectivity index (χ0v) is 12.7. The topological polar surface area (TPSA) is 89.7 Å². The van der Waals surface area contributed by atoms with E-state index in [0.29, 0.717) is 0 Å². The number of aryl methyl sites for hydroxylation is 2. The van der Waals surface area contributed by atoms with Crippen molar-refractivity contribution in [2.24, 2.45) is 0 Å². The SMILES string of the molecule is CCCn1nccc1NC(=O)CNC1CCc2ncnn2C1. The molecule has 0 aliphatic carbocycles. The predicted molar refractivity (Wildman–Crippen MR) is 81.3 cm³/mol. The molecular weight excluding hydrogens is 282 g/mol. The monoisotopic (exact) mass is 303 g/mol. The molecule has 118 valence electrons. The van der Waals surface area contributed by atoms with E-state index in [1.807, 2.05) is 10.7 Å². The van der Waals surface area contributed by atoms with Gasteiger partial charge in [-0.2, -0.15) is 10.2 Å². The molecule has 1 atom stereocenters. The molecular formula is C14H21N7O. The van der Waals surface area contributed by atoms with E-state index < -0.39 is 0 Å². The summed E-state index contributed by atoms with van der Waals surface area (Å²) in [4.78, 5) is 16.3. The fourth-order valence-electron chi connectivity index (χ4n) is 2.66. The molecule has 0 fully saturated rings. The molecule has 0 bridgehead atoms. The van der Waals surface area contributed by atoms with Crippen molar-refractivity contribution in [2.75, 3.05) is 11.9 Å². The van der Waals surface area contributed by atoms with E-state index in [4.69, 9.17) is 0 Å². The Hall–Kier alpha value is -2.22. The molecule has 0 saturated heterocycles. The van der Waals surface area contributed by atoms with Crippen LogP contribution in [0, 0.1) is 0 Å². The second-order valence-electron chi connectivity index (χ2n) is 5.46. The van der Waals surface area contributed by atoms with Crippen molar-refractivity contribution < 1.29 is 4.79 Å². The third-order valence-corrected chi connectivity index (χ3v) is 3.78. The Kier molecular flexibility index (Phi) is 4.47. The Morgan fingerprint density at radius 3 is 3.23 bits per heavy atom. The summed E-state index contributed by atoms with van der Waals surface area (Å²) < 4.78 is 3.70. The molecule has 0 aromatic carbocycles. The van der Waals surface area contributed by atoms with Crippen LogP contribution in [0.25, 0.3) is 0 Å². The van der Waals surface area contributed by atoms with Crippen LogP contribution >= 0.6 is 0 Å². The molecule has 1 amide bonds. The van der Waals surface area contributed by atoms with Crippen LogP contribution in [0.2, 0.25) is 0 Å². The quantitative estimate of drug-likeness (QED) is 0.807. The molecule has 8 nitrogen and oxygen atoms in total. The fourth-order valence-corrected chi connectivity index (χ4v) is 2.66. The van der Waals surface area contributed by atoms with E-state index in [1.165, 1.54) is 0 Å². The first-order valence-corrected chi connectivity index (χ1v) is 7.68. The maximum atomic E-state index is 12.1. The number of rotatable bonds is 6. The molecule has 0 saturated carbocycles. The summed E-state index contributed by atoms with van der Waals surface area (Å²) in [7, 11) is 0. The number of fused-ring (bicyclic) bond motifs is 1. The van der Waals surface area contributed by atoms with Crippen molar-refractivity contribution in [3.63, 3.8) is 0 Å². The van der Waals surface area contributed by atoms with Gasteiger partial charge in [-0.05, 0) is 12.8 Å². The lowest BCUT2D eigenvalue weighted by Gasteiger charge is -2.23. The second kappa shape index (κ2) is 6.69. The number of amides is 1. The van der Waals surface area contributed by atoms with Gasteiger partial charge in [-0.15, -0.1) is 0 Å². The van der Waals surface area contributed by atoms with E-state index >= 15 is 0 Å². The van der Waals surface area contributed by atoms with E-state index in [1.54, 1.807) is 17.2 Å². The maximum Gasteiger partial charge on any atom is 0.239 e. The number of carbonyl (C=O) groups is 1. The van der Waals surface area contributed by atoms with E-state index in [-0.39, 0.29) is 18.5 Å². The number of anilines is 1. The van der Waals surface area contributed by atoms with Crippen LogP contribution in [0.1, 0.15) is 25.6 Å². The standard InChI is InChI=1S/C14H21N7O/c1-2-7-20-13(5-6-17-20)19-14(22)8-15-11-3-4-12-16-10-18-21(12)9-11/h5-6,10-11,15H,2-4,7-9H2,1H3,(H,19,22). The maximum absolute atomic E-state index is 12.1. The highest BCUT2D eigenvalue weighted by Gasteiger charge is 2.20. The normalized spacial score (nSPS) is 17.2. The van der Waals surface area contributed by atoms with Gasteiger partial charge >= 0.3 is 0 Å². The highest BCUT2D eigenvalue weighted by atomic mass is 16.2. The van der Waals surface area contributed by atoms with Crippen molar-refractivity contribution in [2.45, 2.75) is 45.3 Å². The number of aromatic nitrogens is 5. The highest BCUT2D eigenvalue weighted by molar-refractivity contribution is 5.91. The minimum atomic E-state index is -0.0535. The summed E-state index contributed by atoms with van der Waals surface area (Å²) in [6.45, 7) is 3.92. The minimum absolute atomic E-state index is 0.0535. The Morgan fingerprint density at radius 1 is 1.45 bits per heavy atom. The average Bonchev–Trinajstić information content (AvgIpc) is 3.14. The number of nitrogens with one attached hydrogen (secondary N) is 2. The van der Waals surface area contributed by atoms with Gasteiger partial charge in [-0.1, -0.05) is 6.92 Å². The molecule has 22 heavy (non-hydrogen) atoms. The third-order valence-electron chi connectivity index (χ3n) is 3.78. The molecule has 8 heteroatoms. The summed E-state index contributed by atoms with van der Waals surface area (Å²) in [5.74, 6) is 1.71. The molecule has 1 aliphatic rings. The summed E-state index contributed by atoms with van der Waals surface area (Å²) in [6.07, 6.45) is 6.12. The first-order valence-electron chi connectivity index (χ1n) is 7.68. The molecule has 3 rings (SSSR count). The Balaban J connectivity index is 1.48. The molecule has 2 aromatic rings. The largest absolute Gasteiger partial charge is 0.310 e. The summed E-state index contributed by atoms with van der Waals surface area (Å²) in [6, 6.07) is 2.07. The third kappa shape index (κ3) is 3.33. The van der Waals surface area contributed by atoms with E-state index in [0.717, 1.165) is 44.0 Å². The van der Waals surface area contributed by atoms with Crippen LogP contribution in [-0.4, -0.2) is 43.0 Å². The first-order chi connectivity index (χ1) is 10.8. The zero-order chi connectivity index (χ0) is 15.4. The lowest BCUT2D eigenvalue weighted by atomic mass is 10.1. The highest BCUT2D eigenvalue weighted by Crippen LogP contribution is 2.11. The second-order valence-corrected chi connectivity index (χ2v) is 5.46. The number of carbonyl (C=O) groups excluding carboxylic acids is 1. The number of nitrogens with zero attached hydrogens (tertiary/aromatic N) is 5. The molecule has 1 unspecified atom stereocenters. The molecule has 3 heterocycles. The molecule has 0 spiro atoms. The van der Waals surface area contributed by atoms with Crippen molar-refractivity contribution in [3.8, 4) is 0 Å². The number of hydrogen-bond donors (Lipinski definition) is 2. The lowest BCUT2D eigenvalue weighted by molar-refractivity contribution is -0.115. The van der Waals surface area contributed by atoms with Gasteiger partial charge in [0.1, 0.15) is 18.0 Å². The minimum Gasteiger partial charge on any atom is -0.310 e. The Bertz CT molecular complexity index is 633. The predicted octanol–water partition coefficient (Wildman–Crippen LogP) is 0.428. The van der Waals surface area contributed by atoms with Crippen molar-refractivity contribution in [1.82, 2.24) is 29.9 Å². The van der Waals surface area contributed by atoms with Crippen LogP contribution in [0.3, 0.4) is 0 Å². The zero-order valence-electron chi connectivity index (χ0n) is 12.7. The van der Waals surface area contributed by atoms with Gasteiger partial charge in [-0.3, -0.25) is 4.79 Å². The van der Waals surface area contributed by atoms with Crippen LogP contribution < -0.4 is 10.6 Å². The number of hydrogen-bond acceptors (Lipinski definition) is 5. The van der Waals surface area contributed by atoms with E-state index in [2.05, 4.69) is 32.7 Å². The van der Waals surface area contributed by atoms with Gasteiger partial charge in [0.2, 0.25) is 5.91 Å². The fraction of sp³-hybridized carbons (Fsp3) is 0.571. The Morgan fingerprint density at radius 2 is 2.36 bits per heavy atom.